The fraction of sp³-hybridized carbons (Fsp3) is 0.240. The molecule has 0 spiro atoms. The van der Waals surface area contributed by atoms with Crippen molar-refractivity contribution < 1.29 is 17.9 Å². The minimum Gasteiger partial charge on any atom is -0.483 e. The molecule has 32 heavy (non-hydrogen) atoms. The molecule has 3 aromatic carbocycles. The van der Waals surface area contributed by atoms with Crippen molar-refractivity contribution in [2.24, 2.45) is 0 Å². The van der Waals surface area contributed by atoms with Gasteiger partial charge in [-0.3, -0.25) is 4.79 Å². The molecule has 5 nitrogen and oxygen atoms in total. The van der Waals surface area contributed by atoms with Gasteiger partial charge in [-0.1, -0.05) is 67.0 Å². The van der Waals surface area contributed by atoms with E-state index < -0.39 is 22.5 Å². The molecule has 0 aliphatic carbocycles. The molecule has 0 aromatic heterocycles. The Morgan fingerprint density at radius 2 is 1.66 bits per heavy atom. The van der Waals surface area contributed by atoms with Gasteiger partial charge in [0, 0.05) is 4.47 Å². The first-order valence-electron chi connectivity index (χ1n) is 10.4. The molecule has 168 valence electrons. The molecule has 3 rings (SSSR count). The average molecular weight is 516 g/mol. The third kappa shape index (κ3) is 5.40. The van der Waals surface area contributed by atoms with Gasteiger partial charge < -0.3 is 4.74 Å². The van der Waals surface area contributed by atoms with Crippen molar-refractivity contribution >= 4 is 37.5 Å². The summed E-state index contributed by atoms with van der Waals surface area (Å²) in [4.78, 5) is 13.3. The summed E-state index contributed by atoms with van der Waals surface area (Å²) in [5.41, 5.74) is 2.25. The van der Waals surface area contributed by atoms with E-state index in [4.69, 9.17) is 4.74 Å². The Balaban J connectivity index is 1.96. The average Bonchev–Trinajstić information content (AvgIpc) is 2.79. The quantitative estimate of drug-likeness (QED) is 0.372. The highest BCUT2D eigenvalue weighted by Gasteiger charge is 2.31. The number of halogens is 1. The SMILES string of the molecule is CCc1ccc(N(C(=O)COc2ccc(Br)cc2C(C)C)S(=O)(=O)c2ccccc2)cc1. The molecule has 0 fully saturated rings. The predicted molar refractivity (Wildman–Crippen MR) is 131 cm³/mol. The van der Waals surface area contributed by atoms with Crippen LogP contribution in [0, 0.1) is 0 Å². The van der Waals surface area contributed by atoms with Crippen LogP contribution in [0.2, 0.25) is 0 Å². The summed E-state index contributed by atoms with van der Waals surface area (Å²) >= 11 is 3.45. The number of aryl methyl sites for hydroxylation is 1. The lowest BCUT2D eigenvalue weighted by atomic mass is 10.0. The summed E-state index contributed by atoms with van der Waals surface area (Å²) in [6.45, 7) is 5.65. The molecule has 0 saturated heterocycles. The number of hydrogen-bond donors (Lipinski definition) is 0. The Labute approximate surface area is 198 Å². The number of ether oxygens (including phenoxy) is 1. The minimum absolute atomic E-state index is 0.0411. The van der Waals surface area contributed by atoms with Crippen LogP contribution in [-0.4, -0.2) is 20.9 Å². The van der Waals surface area contributed by atoms with Crippen LogP contribution in [-0.2, 0) is 21.2 Å². The second kappa shape index (κ2) is 10.3. The number of anilines is 1. The van der Waals surface area contributed by atoms with Crippen LogP contribution < -0.4 is 9.04 Å². The monoisotopic (exact) mass is 515 g/mol. The van der Waals surface area contributed by atoms with Crippen LogP contribution in [0.15, 0.2) is 82.2 Å². The zero-order valence-corrected chi connectivity index (χ0v) is 20.7. The van der Waals surface area contributed by atoms with E-state index in [1.807, 2.05) is 45.0 Å². The molecule has 0 N–H and O–H groups in total. The van der Waals surface area contributed by atoms with E-state index >= 15 is 0 Å². The van der Waals surface area contributed by atoms with Crippen molar-refractivity contribution in [2.45, 2.75) is 38.0 Å². The van der Waals surface area contributed by atoms with Crippen LogP contribution in [0.3, 0.4) is 0 Å². The molecular formula is C25H26BrNO4S. The van der Waals surface area contributed by atoms with Gasteiger partial charge in [0.1, 0.15) is 5.75 Å². The number of carbonyl (C=O) groups excluding carboxylic acids is 1. The number of benzene rings is 3. The number of rotatable bonds is 8. The van der Waals surface area contributed by atoms with Crippen LogP contribution in [0.1, 0.15) is 37.8 Å². The number of hydrogen-bond acceptors (Lipinski definition) is 4. The standard InChI is InChI=1S/C25H26BrNO4S/c1-4-19-10-13-21(14-11-19)27(32(29,30)22-8-6-5-7-9-22)25(28)17-31-24-15-12-20(26)16-23(24)18(2)3/h5-16,18H,4,17H2,1-3H3. The molecule has 0 bridgehead atoms. The number of carbonyl (C=O) groups is 1. The maximum Gasteiger partial charge on any atom is 0.278 e. The summed E-state index contributed by atoms with van der Waals surface area (Å²) in [7, 11) is -4.11. The Hall–Kier alpha value is -2.64. The van der Waals surface area contributed by atoms with Gasteiger partial charge in [-0.2, -0.15) is 4.31 Å². The molecule has 0 heterocycles. The first-order chi connectivity index (χ1) is 15.2. The zero-order valence-electron chi connectivity index (χ0n) is 18.3. The third-order valence-corrected chi connectivity index (χ3v) is 7.29. The summed E-state index contributed by atoms with van der Waals surface area (Å²) in [5, 5.41) is 0. The predicted octanol–water partition coefficient (Wildman–Crippen LogP) is 5.94. The van der Waals surface area contributed by atoms with Gasteiger partial charge in [0.2, 0.25) is 0 Å². The Morgan fingerprint density at radius 1 is 1.00 bits per heavy atom. The molecule has 0 radical (unpaired) electrons. The summed E-state index contributed by atoms with van der Waals surface area (Å²) in [6.07, 6.45) is 0.810. The molecule has 0 unspecified atom stereocenters. The smallest absolute Gasteiger partial charge is 0.278 e. The number of nitrogens with zero attached hydrogens (tertiary/aromatic N) is 1. The minimum atomic E-state index is -4.11. The molecule has 0 aliphatic rings. The maximum absolute atomic E-state index is 13.4. The second-order valence-corrected chi connectivity index (χ2v) is 10.3. The van der Waals surface area contributed by atoms with Gasteiger partial charge in [-0.25, -0.2) is 8.42 Å². The number of amides is 1. The Bertz CT molecular complexity index is 1180. The highest BCUT2D eigenvalue weighted by molar-refractivity contribution is 9.10. The van der Waals surface area contributed by atoms with E-state index in [0.717, 1.165) is 26.3 Å². The topological polar surface area (TPSA) is 63.7 Å². The maximum atomic E-state index is 13.4. The first-order valence-corrected chi connectivity index (χ1v) is 12.6. The van der Waals surface area contributed by atoms with Crippen molar-refractivity contribution in [1.29, 1.82) is 0 Å². The van der Waals surface area contributed by atoms with Gasteiger partial charge in [0.15, 0.2) is 6.61 Å². The van der Waals surface area contributed by atoms with Gasteiger partial charge in [0.25, 0.3) is 15.9 Å². The second-order valence-electron chi connectivity index (χ2n) is 7.62. The molecule has 7 heteroatoms. The van der Waals surface area contributed by atoms with Gasteiger partial charge in [0.05, 0.1) is 10.6 Å². The van der Waals surface area contributed by atoms with Crippen LogP contribution >= 0.6 is 15.9 Å². The molecule has 1 amide bonds. The highest BCUT2D eigenvalue weighted by atomic mass is 79.9. The fourth-order valence-corrected chi connectivity index (χ4v) is 5.09. The van der Waals surface area contributed by atoms with Crippen LogP contribution in [0.25, 0.3) is 0 Å². The fourth-order valence-electron chi connectivity index (χ4n) is 3.28. The van der Waals surface area contributed by atoms with Gasteiger partial charge in [-0.05, 0) is 65.9 Å². The summed E-state index contributed by atoms with van der Waals surface area (Å²) < 4.78 is 34.4. The van der Waals surface area contributed by atoms with Crippen molar-refractivity contribution in [2.75, 3.05) is 10.9 Å². The van der Waals surface area contributed by atoms with E-state index in [1.54, 1.807) is 36.4 Å². The molecule has 0 atom stereocenters. The molecule has 0 saturated carbocycles. The van der Waals surface area contributed by atoms with Crippen LogP contribution in [0.4, 0.5) is 5.69 Å². The van der Waals surface area contributed by atoms with E-state index in [0.29, 0.717) is 5.75 Å². The van der Waals surface area contributed by atoms with E-state index in [1.165, 1.54) is 12.1 Å². The molecular weight excluding hydrogens is 490 g/mol. The van der Waals surface area contributed by atoms with E-state index in [9.17, 15) is 13.2 Å². The zero-order chi connectivity index (χ0) is 23.3. The van der Waals surface area contributed by atoms with Crippen molar-refractivity contribution in [3.05, 3.63) is 88.4 Å². The number of sulfonamides is 1. The van der Waals surface area contributed by atoms with E-state index in [2.05, 4.69) is 15.9 Å². The van der Waals surface area contributed by atoms with Crippen molar-refractivity contribution in [3.63, 3.8) is 0 Å². The lowest BCUT2D eigenvalue weighted by Gasteiger charge is -2.23. The highest BCUT2D eigenvalue weighted by Crippen LogP contribution is 2.30. The van der Waals surface area contributed by atoms with Crippen molar-refractivity contribution in [1.82, 2.24) is 0 Å². The van der Waals surface area contributed by atoms with Crippen molar-refractivity contribution in [3.8, 4) is 5.75 Å². The largest absolute Gasteiger partial charge is 0.483 e. The molecule has 0 aliphatic heterocycles. The normalized spacial score (nSPS) is 11.4. The third-order valence-electron chi connectivity index (χ3n) is 5.03. The Morgan fingerprint density at radius 3 is 2.25 bits per heavy atom. The van der Waals surface area contributed by atoms with Crippen LogP contribution in [0.5, 0.6) is 5.75 Å². The molecule has 3 aromatic rings. The van der Waals surface area contributed by atoms with Gasteiger partial charge in [-0.15, -0.1) is 0 Å². The summed E-state index contributed by atoms with van der Waals surface area (Å²) in [5.74, 6) is 0.0500. The van der Waals surface area contributed by atoms with E-state index in [-0.39, 0.29) is 16.5 Å². The Kier molecular flexibility index (Phi) is 7.74. The lowest BCUT2D eigenvalue weighted by molar-refractivity contribution is -0.119. The first kappa shape index (κ1) is 24.0. The van der Waals surface area contributed by atoms with Gasteiger partial charge >= 0.3 is 0 Å². The lowest BCUT2D eigenvalue weighted by Crippen LogP contribution is -2.40. The summed E-state index contributed by atoms with van der Waals surface area (Å²) in [6, 6.07) is 20.4.